The van der Waals surface area contributed by atoms with E-state index in [1.165, 1.54) is 0 Å². The van der Waals surface area contributed by atoms with Crippen LogP contribution in [0.4, 0.5) is 4.79 Å². The van der Waals surface area contributed by atoms with Crippen LogP contribution in [0.25, 0.3) is 0 Å². The average Bonchev–Trinajstić information content (AvgIpc) is 2.00. The quantitative estimate of drug-likeness (QED) is 0.711. The Hall–Kier alpha value is -1.19. The molecule has 0 heterocycles. The predicted molar refractivity (Wildman–Crippen MR) is 55.0 cm³/mol. The van der Waals surface area contributed by atoms with Crippen molar-refractivity contribution >= 4 is 6.09 Å². The van der Waals surface area contributed by atoms with Crippen LogP contribution < -0.4 is 5.32 Å². The van der Waals surface area contributed by atoms with Crippen molar-refractivity contribution in [2.24, 2.45) is 0 Å². The van der Waals surface area contributed by atoms with Crippen LogP contribution in [0.5, 0.6) is 0 Å². The third-order valence-electron chi connectivity index (χ3n) is 1.36. The highest BCUT2D eigenvalue weighted by atomic mass is 16.6. The molecule has 0 aromatic rings. The highest BCUT2D eigenvalue weighted by Gasteiger charge is 2.14. The van der Waals surface area contributed by atoms with Gasteiger partial charge < -0.3 is 14.8 Å². The molecule has 0 radical (unpaired) electrons. The topological polar surface area (TPSA) is 47.6 Å². The molecule has 82 valence electrons. The number of hydrogen-bond acceptors (Lipinski definition) is 3. The number of amides is 1. The summed E-state index contributed by atoms with van der Waals surface area (Å²) in [6, 6.07) is 0. The molecule has 0 fully saturated rings. The molecule has 0 bridgehead atoms. The first kappa shape index (κ1) is 12.8. The maximum atomic E-state index is 11.1. The number of allylic oxidation sites excluding steroid dienone is 1. The Bertz CT molecular complexity index is 216. The molecule has 0 aliphatic rings. The summed E-state index contributed by atoms with van der Waals surface area (Å²) >= 11 is 0. The molecule has 4 heteroatoms. The molecule has 0 saturated carbocycles. The van der Waals surface area contributed by atoms with Gasteiger partial charge >= 0.3 is 6.09 Å². The summed E-state index contributed by atoms with van der Waals surface area (Å²) in [6.07, 6.45) is 1.35. The number of nitrogens with one attached hydrogen (secondary N) is 1. The normalized spacial score (nSPS) is 12.2. The molecule has 1 N–H and O–H groups in total. The zero-order valence-corrected chi connectivity index (χ0v) is 9.51. The summed E-state index contributed by atoms with van der Waals surface area (Å²) in [5.74, 6) is 0.765. The van der Waals surface area contributed by atoms with Crippen LogP contribution >= 0.6 is 0 Å². The van der Waals surface area contributed by atoms with Crippen LogP contribution in [-0.2, 0) is 9.47 Å². The summed E-state index contributed by atoms with van der Waals surface area (Å²) in [5, 5.41) is 2.59. The number of carbonyl (C=O) groups excluding carboxylic acids is 1. The van der Waals surface area contributed by atoms with Gasteiger partial charge in [0.25, 0.3) is 0 Å². The molecule has 0 atom stereocenters. The van der Waals surface area contributed by atoms with E-state index in [0.29, 0.717) is 6.54 Å². The van der Waals surface area contributed by atoms with E-state index in [9.17, 15) is 4.79 Å². The number of alkyl carbamates (subject to hydrolysis) is 1. The van der Waals surface area contributed by atoms with E-state index in [2.05, 4.69) is 5.32 Å². The van der Waals surface area contributed by atoms with Crippen LogP contribution in [-0.4, -0.2) is 25.3 Å². The first-order valence-electron chi connectivity index (χ1n) is 4.53. The van der Waals surface area contributed by atoms with Crippen molar-refractivity contribution in [1.82, 2.24) is 5.32 Å². The lowest BCUT2D eigenvalue weighted by Gasteiger charge is -2.19. The van der Waals surface area contributed by atoms with E-state index < -0.39 is 11.7 Å². The van der Waals surface area contributed by atoms with Crippen molar-refractivity contribution in [2.45, 2.75) is 33.3 Å². The molecule has 0 spiro atoms. The first-order chi connectivity index (χ1) is 6.35. The second-order valence-corrected chi connectivity index (χ2v) is 3.90. The van der Waals surface area contributed by atoms with Gasteiger partial charge in [-0.25, -0.2) is 4.79 Å². The van der Waals surface area contributed by atoms with E-state index in [0.717, 1.165) is 5.76 Å². The maximum absolute atomic E-state index is 11.1. The second-order valence-electron chi connectivity index (χ2n) is 3.90. The fraction of sp³-hybridized carbons (Fsp3) is 0.700. The molecule has 14 heavy (non-hydrogen) atoms. The molecule has 4 nitrogen and oxygen atoms in total. The third-order valence-corrected chi connectivity index (χ3v) is 1.36. The van der Waals surface area contributed by atoms with Crippen LogP contribution in [0.3, 0.4) is 0 Å². The molecule has 0 rings (SSSR count). The molecule has 0 unspecified atom stereocenters. The van der Waals surface area contributed by atoms with Gasteiger partial charge in [-0.2, -0.15) is 0 Å². The monoisotopic (exact) mass is 201 g/mol. The van der Waals surface area contributed by atoms with Gasteiger partial charge in [0.15, 0.2) is 0 Å². The Labute approximate surface area is 85.3 Å². The highest BCUT2D eigenvalue weighted by molar-refractivity contribution is 5.67. The molecule has 0 aliphatic carbocycles. The van der Waals surface area contributed by atoms with Crippen LogP contribution in [0, 0.1) is 0 Å². The molecule has 0 saturated heterocycles. The zero-order chi connectivity index (χ0) is 11.2. The van der Waals surface area contributed by atoms with E-state index in [4.69, 9.17) is 9.47 Å². The predicted octanol–water partition coefficient (Wildman–Crippen LogP) is 2.06. The fourth-order valence-electron chi connectivity index (χ4n) is 0.676. The Morgan fingerprint density at radius 2 is 2.00 bits per heavy atom. The van der Waals surface area contributed by atoms with Crippen molar-refractivity contribution in [2.75, 3.05) is 13.7 Å². The standard InChI is InChI=1S/C10H19NO3/c1-8(13-5)6-7-11-9(12)14-10(2,3)4/h6H,7H2,1-5H3,(H,11,12)/b8-6+. The van der Waals surface area contributed by atoms with Crippen LogP contribution in [0.2, 0.25) is 0 Å². The van der Waals surface area contributed by atoms with Crippen molar-refractivity contribution in [3.63, 3.8) is 0 Å². The lowest BCUT2D eigenvalue weighted by atomic mass is 10.2. The molecule has 0 aromatic heterocycles. The molecule has 0 aromatic carbocycles. The number of methoxy groups -OCH3 is 1. The molecular weight excluding hydrogens is 182 g/mol. The van der Waals surface area contributed by atoms with Gasteiger partial charge in [-0.3, -0.25) is 0 Å². The Morgan fingerprint density at radius 1 is 1.43 bits per heavy atom. The van der Waals surface area contributed by atoms with Gasteiger partial charge in [0.2, 0.25) is 0 Å². The van der Waals surface area contributed by atoms with Crippen LogP contribution in [0.1, 0.15) is 27.7 Å². The van der Waals surface area contributed by atoms with Crippen molar-refractivity contribution in [1.29, 1.82) is 0 Å². The van der Waals surface area contributed by atoms with E-state index in [1.807, 2.05) is 27.7 Å². The number of rotatable bonds is 3. The summed E-state index contributed by atoms with van der Waals surface area (Å²) in [4.78, 5) is 11.1. The van der Waals surface area contributed by atoms with Gasteiger partial charge in [-0.1, -0.05) is 0 Å². The Kier molecular flexibility index (Phi) is 5.05. The SMILES string of the molecule is CO/C(C)=C/CNC(=O)OC(C)(C)C. The van der Waals surface area contributed by atoms with Gasteiger partial charge in [0.05, 0.1) is 12.9 Å². The summed E-state index contributed by atoms with van der Waals surface area (Å²) in [5.41, 5.74) is -0.454. The van der Waals surface area contributed by atoms with E-state index in [-0.39, 0.29) is 0 Å². The summed E-state index contributed by atoms with van der Waals surface area (Å²) < 4.78 is 9.93. The Morgan fingerprint density at radius 3 is 2.43 bits per heavy atom. The number of ether oxygens (including phenoxy) is 2. The van der Waals surface area contributed by atoms with E-state index in [1.54, 1.807) is 13.2 Å². The van der Waals surface area contributed by atoms with Crippen LogP contribution in [0.15, 0.2) is 11.8 Å². The summed E-state index contributed by atoms with van der Waals surface area (Å²) in [7, 11) is 1.58. The van der Waals surface area contributed by atoms with Gasteiger partial charge in [-0.15, -0.1) is 0 Å². The minimum atomic E-state index is -0.454. The van der Waals surface area contributed by atoms with Gasteiger partial charge in [0.1, 0.15) is 5.60 Å². The van der Waals surface area contributed by atoms with Gasteiger partial charge in [-0.05, 0) is 33.8 Å². The third kappa shape index (κ3) is 7.46. The average molecular weight is 201 g/mol. The van der Waals surface area contributed by atoms with Crippen molar-refractivity contribution in [3.8, 4) is 0 Å². The largest absolute Gasteiger partial charge is 0.502 e. The van der Waals surface area contributed by atoms with E-state index >= 15 is 0 Å². The zero-order valence-electron chi connectivity index (χ0n) is 9.51. The smallest absolute Gasteiger partial charge is 0.407 e. The molecular formula is C10H19NO3. The number of carbonyl (C=O) groups is 1. The fourth-order valence-corrected chi connectivity index (χ4v) is 0.676. The minimum absolute atomic E-state index is 0.411. The highest BCUT2D eigenvalue weighted by Crippen LogP contribution is 2.06. The minimum Gasteiger partial charge on any atom is -0.502 e. The number of hydrogen-bond donors (Lipinski definition) is 1. The second kappa shape index (κ2) is 5.52. The Balaban J connectivity index is 3.76. The van der Waals surface area contributed by atoms with Crippen molar-refractivity contribution < 1.29 is 14.3 Å². The van der Waals surface area contributed by atoms with Crippen molar-refractivity contribution in [3.05, 3.63) is 11.8 Å². The van der Waals surface area contributed by atoms with Gasteiger partial charge in [0, 0.05) is 6.54 Å². The molecule has 1 amide bonds. The lowest BCUT2D eigenvalue weighted by Crippen LogP contribution is -2.32. The first-order valence-corrected chi connectivity index (χ1v) is 4.53. The maximum Gasteiger partial charge on any atom is 0.407 e. The lowest BCUT2D eigenvalue weighted by molar-refractivity contribution is 0.0533. The summed E-state index contributed by atoms with van der Waals surface area (Å²) in [6.45, 7) is 7.69. The molecule has 0 aliphatic heterocycles.